The first-order valence-electron chi connectivity index (χ1n) is 5.79. The van der Waals surface area contributed by atoms with Gasteiger partial charge in [0.2, 0.25) is 0 Å². The number of hydrogen-bond donors (Lipinski definition) is 2. The van der Waals surface area contributed by atoms with Crippen molar-refractivity contribution in [2.75, 3.05) is 27.7 Å². The summed E-state index contributed by atoms with van der Waals surface area (Å²) < 4.78 is 5.26. The van der Waals surface area contributed by atoms with Gasteiger partial charge in [-0.2, -0.15) is 0 Å². The van der Waals surface area contributed by atoms with Crippen molar-refractivity contribution >= 4 is 22.5 Å². The van der Waals surface area contributed by atoms with Crippen molar-refractivity contribution in [2.24, 2.45) is 5.73 Å². The number of H-pyrrole nitrogens is 1. The highest BCUT2D eigenvalue weighted by Gasteiger charge is 2.17. The van der Waals surface area contributed by atoms with Crippen LogP contribution in [0.2, 0.25) is 5.02 Å². The van der Waals surface area contributed by atoms with Crippen LogP contribution in [-0.4, -0.2) is 37.6 Å². The van der Waals surface area contributed by atoms with E-state index in [0.717, 1.165) is 16.5 Å². The second-order valence-corrected chi connectivity index (χ2v) is 4.90. The van der Waals surface area contributed by atoms with Crippen molar-refractivity contribution in [3.63, 3.8) is 0 Å². The van der Waals surface area contributed by atoms with Crippen LogP contribution < -0.4 is 10.5 Å². The van der Waals surface area contributed by atoms with Gasteiger partial charge in [0.15, 0.2) is 0 Å². The van der Waals surface area contributed by atoms with Gasteiger partial charge in [-0.05, 0) is 31.8 Å². The number of nitrogens with one attached hydrogen (secondary N) is 1. The van der Waals surface area contributed by atoms with E-state index in [1.807, 2.05) is 32.4 Å². The van der Waals surface area contributed by atoms with Crippen LogP contribution in [0.25, 0.3) is 10.9 Å². The summed E-state index contributed by atoms with van der Waals surface area (Å²) in [6.07, 6.45) is 1.98. The largest absolute Gasteiger partial charge is 0.495 e. The summed E-state index contributed by atoms with van der Waals surface area (Å²) in [5, 5.41) is 1.70. The Morgan fingerprint density at radius 2 is 2.17 bits per heavy atom. The molecule has 0 aliphatic rings. The summed E-state index contributed by atoms with van der Waals surface area (Å²) >= 11 is 6.11. The van der Waals surface area contributed by atoms with Crippen LogP contribution >= 0.6 is 11.6 Å². The number of methoxy groups -OCH3 is 1. The minimum Gasteiger partial charge on any atom is -0.495 e. The summed E-state index contributed by atoms with van der Waals surface area (Å²) in [4.78, 5) is 5.33. The number of benzene rings is 1. The fourth-order valence-electron chi connectivity index (χ4n) is 2.19. The van der Waals surface area contributed by atoms with E-state index in [2.05, 4.69) is 9.88 Å². The highest BCUT2D eigenvalue weighted by atomic mass is 35.5. The molecule has 0 aliphatic heterocycles. The van der Waals surface area contributed by atoms with Crippen LogP contribution in [-0.2, 0) is 0 Å². The van der Waals surface area contributed by atoms with E-state index in [0.29, 0.717) is 17.3 Å². The molecule has 0 radical (unpaired) electrons. The minimum atomic E-state index is 0.171. The molecule has 2 rings (SSSR count). The standard InChI is InChI=1S/C13H18ClN3O/c1-17(2)12(6-15)9-7-16-11-5-10(14)13(18-3)4-8(9)11/h4-5,7,12,16H,6,15H2,1-3H3. The first-order chi connectivity index (χ1) is 8.58. The first-order valence-corrected chi connectivity index (χ1v) is 6.17. The maximum atomic E-state index is 6.11. The molecule has 0 fully saturated rings. The lowest BCUT2D eigenvalue weighted by Gasteiger charge is -2.22. The second kappa shape index (κ2) is 5.18. The molecule has 1 aromatic heterocycles. The Labute approximate surface area is 112 Å². The Bertz CT molecular complexity index is 550. The Hall–Kier alpha value is -1.23. The predicted octanol–water partition coefficient (Wildman–Crippen LogP) is 2.39. The lowest BCUT2D eigenvalue weighted by molar-refractivity contribution is 0.307. The molecule has 1 unspecified atom stereocenters. The average molecular weight is 268 g/mol. The van der Waals surface area contributed by atoms with Gasteiger partial charge in [0.1, 0.15) is 5.75 Å². The quantitative estimate of drug-likeness (QED) is 0.894. The molecule has 1 atom stereocenters. The zero-order chi connectivity index (χ0) is 13.3. The number of rotatable bonds is 4. The van der Waals surface area contributed by atoms with Crippen LogP contribution in [0.3, 0.4) is 0 Å². The normalized spacial score (nSPS) is 13.2. The molecule has 3 N–H and O–H groups in total. The lowest BCUT2D eigenvalue weighted by atomic mass is 10.0. The number of aromatic amines is 1. The molecule has 0 bridgehead atoms. The van der Waals surface area contributed by atoms with Gasteiger partial charge in [0, 0.05) is 29.7 Å². The van der Waals surface area contributed by atoms with Crippen LogP contribution in [0, 0.1) is 0 Å². The highest BCUT2D eigenvalue weighted by Crippen LogP contribution is 2.34. The average Bonchev–Trinajstić information content (AvgIpc) is 2.71. The number of fused-ring (bicyclic) bond motifs is 1. The van der Waals surface area contributed by atoms with Crippen molar-refractivity contribution in [1.82, 2.24) is 9.88 Å². The van der Waals surface area contributed by atoms with E-state index in [1.54, 1.807) is 7.11 Å². The fraction of sp³-hybridized carbons (Fsp3) is 0.385. The number of nitrogens with two attached hydrogens (primary N) is 1. The van der Waals surface area contributed by atoms with Crippen LogP contribution in [0.15, 0.2) is 18.3 Å². The van der Waals surface area contributed by atoms with E-state index in [-0.39, 0.29) is 6.04 Å². The van der Waals surface area contributed by atoms with Crippen molar-refractivity contribution in [3.8, 4) is 5.75 Å². The number of aromatic nitrogens is 1. The SMILES string of the molecule is COc1cc2c(C(CN)N(C)C)c[nH]c2cc1Cl. The summed E-state index contributed by atoms with van der Waals surface area (Å²) in [6, 6.07) is 4.00. The topological polar surface area (TPSA) is 54.3 Å². The summed E-state index contributed by atoms with van der Waals surface area (Å²) in [5.41, 5.74) is 8.00. The molecular formula is C13H18ClN3O. The fourth-order valence-corrected chi connectivity index (χ4v) is 2.43. The molecule has 98 valence electrons. The van der Waals surface area contributed by atoms with Gasteiger partial charge in [-0.3, -0.25) is 0 Å². The molecule has 1 aromatic carbocycles. The number of ether oxygens (including phenoxy) is 1. The summed E-state index contributed by atoms with van der Waals surface area (Å²) in [5.74, 6) is 0.680. The Morgan fingerprint density at radius 3 is 2.72 bits per heavy atom. The molecule has 1 heterocycles. The van der Waals surface area contributed by atoms with Gasteiger partial charge in [0.25, 0.3) is 0 Å². The van der Waals surface area contributed by atoms with Crippen LogP contribution in [0.5, 0.6) is 5.75 Å². The predicted molar refractivity (Wildman–Crippen MR) is 75.3 cm³/mol. The van der Waals surface area contributed by atoms with Crippen LogP contribution in [0.1, 0.15) is 11.6 Å². The van der Waals surface area contributed by atoms with Gasteiger partial charge in [-0.15, -0.1) is 0 Å². The molecule has 4 nitrogen and oxygen atoms in total. The maximum absolute atomic E-state index is 6.11. The number of likely N-dealkylation sites (N-methyl/N-ethyl adjacent to an activating group) is 1. The minimum absolute atomic E-state index is 0.171. The molecule has 0 aliphatic carbocycles. The van der Waals surface area contributed by atoms with Crippen molar-refractivity contribution in [2.45, 2.75) is 6.04 Å². The molecule has 0 saturated carbocycles. The van der Waals surface area contributed by atoms with Crippen molar-refractivity contribution in [3.05, 3.63) is 28.9 Å². The summed E-state index contributed by atoms with van der Waals surface area (Å²) in [6.45, 7) is 0.560. The monoisotopic (exact) mass is 267 g/mol. The molecule has 0 amide bonds. The van der Waals surface area contributed by atoms with E-state index in [4.69, 9.17) is 22.1 Å². The van der Waals surface area contributed by atoms with Crippen molar-refractivity contribution < 1.29 is 4.74 Å². The Balaban J connectivity index is 2.59. The van der Waals surface area contributed by atoms with Gasteiger partial charge >= 0.3 is 0 Å². The molecular weight excluding hydrogens is 250 g/mol. The summed E-state index contributed by atoms with van der Waals surface area (Å²) in [7, 11) is 5.65. The molecule has 0 saturated heterocycles. The zero-order valence-corrected chi connectivity index (χ0v) is 11.6. The zero-order valence-electron chi connectivity index (χ0n) is 10.8. The van der Waals surface area contributed by atoms with Crippen LogP contribution in [0.4, 0.5) is 0 Å². The third kappa shape index (κ3) is 2.19. The first kappa shape index (κ1) is 13.2. The van der Waals surface area contributed by atoms with Gasteiger partial charge in [-0.25, -0.2) is 0 Å². The van der Waals surface area contributed by atoms with Gasteiger partial charge in [-0.1, -0.05) is 11.6 Å². The third-order valence-corrected chi connectivity index (χ3v) is 3.49. The third-order valence-electron chi connectivity index (χ3n) is 3.19. The highest BCUT2D eigenvalue weighted by molar-refractivity contribution is 6.32. The van der Waals surface area contributed by atoms with E-state index < -0.39 is 0 Å². The molecule has 2 aromatic rings. The number of halogens is 1. The molecule has 5 heteroatoms. The van der Waals surface area contributed by atoms with E-state index in [1.165, 1.54) is 0 Å². The van der Waals surface area contributed by atoms with Gasteiger partial charge < -0.3 is 20.4 Å². The molecule has 0 spiro atoms. The Morgan fingerprint density at radius 1 is 1.44 bits per heavy atom. The number of hydrogen-bond acceptors (Lipinski definition) is 3. The smallest absolute Gasteiger partial charge is 0.138 e. The van der Waals surface area contributed by atoms with E-state index in [9.17, 15) is 0 Å². The second-order valence-electron chi connectivity index (χ2n) is 4.49. The van der Waals surface area contributed by atoms with Crippen molar-refractivity contribution in [1.29, 1.82) is 0 Å². The molecule has 18 heavy (non-hydrogen) atoms. The Kier molecular flexibility index (Phi) is 3.80. The number of nitrogens with zero attached hydrogens (tertiary/aromatic N) is 1. The lowest BCUT2D eigenvalue weighted by Crippen LogP contribution is -2.26. The maximum Gasteiger partial charge on any atom is 0.138 e. The van der Waals surface area contributed by atoms with E-state index >= 15 is 0 Å². The van der Waals surface area contributed by atoms with Gasteiger partial charge in [0.05, 0.1) is 12.1 Å².